The smallest absolute Gasteiger partial charge is 0.301 e. The van der Waals surface area contributed by atoms with Crippen molar-refractivity contribution in [1.82, 2.24) is 10.2 Å². The molecule has 3 heterocycles. The number of rotatable bonds is 12. The fraction of sp³-hybridized carbons (Fsp3) is 0.263. The number of aromatic nitrogens is 2. The van der Waals surface area contributed by atoms with E-state index >= 15 is 0 Å². The summed E-state index contributed by atoms with van der Waals surface area (Å²) in [5.41, 5.74) is 1.91. The first kappa shape index (κ1) is 33.4. The van der Waals surface area contributed by atoms with Gasteiger partial charge in [-0.25, -0.2) is 0 Å². The number of benzene rings is 4. The lowest BCUT2D eigenvalue weighted by Crippen LogP contribution is -2.29. The van der Waals surface area contributed by atoms with Gasteiger partial charge in [-0.15, -0.1) is 10.2 Å². The van der Waals surface area contributed by atoms with E-state index in [1.54, 1.807) is 36.4 Å². The summed E-state index contributed by atoms with van der Waals surface area (Å²) in [5.74, 6) is 0.623. The van der Waals surface area contributed by atoms with Crippen molar-refractivity contribution >= 4 is 56.5 Å². The fourth-order valence-electron chi connectivity index (χ4n) is 6.02. The maximum Gasteiger partial charge on any atom is 0.301 e. The number of aliphatic hydroxyl groups excluding tert-OH is 1. The molecule has 4 aromatic carbocycles. The van der Waals surface area contributed by atoms with E-state index in [1.807, 2.05) is 25.1 Å². The van der Waals surface area contributed by atoms with Gasteiger partial charge < -0.3 is 24.1 Å². The fourth-order valence-corrected chi connectivity index (χ4v) is 7.89. The van der Waals surface area contributed by atoms with Crippen molar-refractivity contribution in [2.45, 2.75) is 42.8 Å². The second-order valence-corrected chi connectivity index (χ2v) is 13.8. The Morgan fingerprint density at radius 2 is 1.76 bits per heavy atom. The first-order valence-corrected chi connectivity index (χ1v) is 18.3. The van der Waals surface area contributed by atoms with Crippen molar-refractivity contribution in [3.05, 3.63) is 101 Å². The van der Waals surface area contributed by atoms with E-state index in [4.69, 9.17) is 18.9 Å². The molecular weight excluding hydrogens is 675 g/mol. The number of aliphatic hydroxyl groups is 1. The van der Waals surface area contributed by atoms with Crippen LogP contribution in [-0.2, 0) is 15.3 Å². The monoisotopic (exact) mass is 709 g/mol. The number of ketones is 1. The highest BCUT2D eigenvalue weighted by Gasteiger charge is 2.48. The van der Waals surface area contributed by atoms with Crippen molar-refractivity contribution in [3.63, 3.8) is 0 Å². The summed E-state index contributed by atoms with van der Waals surface area (Å²) in [6.07, 6.45) is 1.85. The zero-order valence-corrected chi connectivity index (χ0v) is 29.2. The molecule has 1 N–H and O–H groups in total. The predicted molar refractivity (Wildman–Crippen MR) is 194 cm³/mol. The molecule has 0 radical (unpaired) electrons. The van der Waals surface area contributed by atoms with Gasteiger partial charge in [-0.05, 0) is 65.6 Å². The first-order valence-electron chi connectivity index (χ1n) is 16.5. The highest BCUT2D eigenvalue weighted by molar-refractivity contribution is 8.00. The molecule has 10 nitrogen and oxygen atoms in total. The second kappa shape index (κ2) is 14.8. The largest absolute Gasteiger partial charge is 0.507 e. The molecule has 0 aliphatic carbocycles. The Bertz CT molecular complexity index is 2090. The molecular formula is C38H35N3O7S2. The number of carbonyl (C=O) groups is 2. The minimum absolute atomic E-state index is 0.0889. The summed E-state index contributed by atoms with van der Waals surface area (Å²) in [6, 6.07) is 23.6. The van der Waals surface area contributed by atoms with Gasteiger partial charge in [0, 0.05) is 11.3 Å². The molecule has 256 valence electrons. The number of fused-ring (bicyclic) bond motifs is 2. The van der Waals surface area contributed by atoms with Crippen LogP contribution in [0.2, 0.25) is 0 Å². The third-order valence-electron chi connectivity index (χ3n) is 8.43. The van der Waals surface area contributed by atoms with Gasteiger partial charge in [-0.1, -0.05) is 85.0 Å². The Morgan fingerprint density at radius 1 is 0.940 bits per heavy atom. The Balaban J connectivity index is 1.28. The van der Waals surface area contributed by atoms with Crippen LogP contribution in [0.25, 0.3) is 16.5 Å². The lowest BCUT2D eigenvalue weighted by atomic mass is 9.95. The summed E-state index contributed by atoms with van der Waals surface area (Å²) in [4.78, 5) is 29.1. The van der Waals surface area contributed by atoms with Gasteiger partial charge in [0.2, 0.25) is 5.13 Å². The normalized spacial score (nSPS) is 16.6. The third kappa shape index (κ3) is 6.60. The molecule has 0 bridgehead atoms. The van der Waals surface area contributed by atoms with E-state index in [0.717, 1.165) is 29.2 Å². The minimum atomic E-state index is -1.03. The van der Waals surface area contributed by atoms with E-state index in [0.29, 0.717) is 70.6 Å². The standard InChI is InChI=1S/C38H35N3O7S2/c1-3-5-17-46-28-15-13-24(20-30(28)45-4-2)33-32(34(42)25-14-16-29-31(21-25)48-19-18-47-29)35(43)36(44)41(33)37-39-40-38(50-37)49-22-26-11-8-10-23-9-6-7-12-27(23)26/h6-16,20-21,33,42H,3-5,17-19,22H2,1-2H3/b34-32+/t33-/m0/s1. The van der Waals surface area contributed by atoms with Crippen LogP contribution in [0, 0.1) is 0 Å². The Hall–Kier alpha value is -5.07. The molecule has 50 heavy (non-hydrogen) atoms. The number of ether oxygens (including phenoxy) is 4. The second-order valence-electron chi connectivity index (χ2n) is 11.6. The van der Waals surface area contributed by atoms with Crippen molar-refractivity contribution in [2.24, 2.45) is 0 Å². The van der Waals surface area contributed by atoms with Gasteiger partial charge in [0.25, 0.3) is 5.78 Å². The van der Waals surface area contributed by atoms with Crippen molar-refractivity contribution in [2.75, 3.05) is 31.3 Å². The van der Waals surface area contributed by atoms with Crippen molar-refractivity contribution in [1.29, 1.82) is 0 Å². The minimum Gasteiger partial charge on any atom is -0.507 e. The van der Waals surface area contributed by atoms with Crippen LogP contribution >= 0.6 is 23.1 Å². The Labute approximate surface area is 297 Å². The quantitative estimate of drug-likeness (QED) is 0.0341. The van der Waals surface area contributed by atoms with Gasteiger partial charge >= 0.3 is 5.91 Å². The number of hydrogen-bond acceptors (Lipinski definition) is 11. The molecule has 2 aliphatic heterocycles. The highest BCUT2D eigenvalue weighted by atomic mass is 32.2. The molecule has 0 saturated carbocycles. The molecule has 0 unspecified atom stereocenters. The van der Waals surface area contributed by atoms with E-state index < -0.39 is 17.7 Å². The lowest BCUT2D eigenvalue weighted by Gasteiger charge is -2.24. The Kier molecular flexibility index (Phi) is 9.90. The SMILES string of the molecule is CCCCOc1ccc([C@H]2/C(=C(\O)c3ccc4c(c3)OCCO4)C(=O)C(=O)N2c2nnc(SCc3cccc4ccccc34)s2)cc1OCC. The highest BCUT2D eigenvalue weighted by Crippen LogP contribution is 2.46. The van der Waals surface area contributed by atoms with Crippen LogP contribution < -0.4 is 23.8 Å². The molecule has 0 spiro atoms. The number of nitrogens with zero attached hydrogens (tertiary/aromatic N) is 3. The van der Waals surface area contributed by atoms with Gasteiger partial charge in [0.1, 0.15) is 19.0 Å². The zero-order chi connectivity index (χ0) is 34.6. The number of unbranched alkanes of at least 4 members (excludes halogenated alkanes) is 1. The molecule has 1 atom stereocenters. The van der Waals surface area contributed by atoms with E-state index in [-0.39, 0.29) is 16.5 Å². The van der Waals surface area contributed by atoms with E-state index in [1.165, 1.54) is 28.0 Å². The summed E-state index contributed by atoms with van der Waals surface area (Å²) >= 11 is 2.72. The number of carbonyl (C=O) groups excluding carboxylic acids is 2. The van der Waals surface area contributed by atoms with Crippen molar-refractivity contribution in [3.8, 4) is 23.0 Å². The molecule has 1 aromatic heterocycles. The number of Topliss-reactive ketones (excluding diaryl/α,β-unsaturated/α-hetero) is 1. The molecule has 5 aromatic rings. The van der Waals surface area contributed by atoms with Crippen LogP contribution in [0.15, 0.2) is 88.8 Å². The third-order valence-corrected chi connectivity index (χ3v) is 10.5. The maximum atomic E-state index is 13.9. The molecule has 12 heteroatoms. The average molecular weight is 710 g/mol. The number of amides is 1. The van der Waals surface area contributed by atoms with Gasteiger partial charge in [0.15, 0.2) is 27.3 Å². The van der Waals surface area contributed by atoms with Gasteiger partial charge in [0.05, 0.1) is 24.8 Å². The van der Waals surface area contributed by atoms with Crippen LogP contribution in [0.5, 0.6) is 23.0 Å². The number of thioether (sulfide) groups is 1. The molecule has 1 fully saturated rings. The Morgan fingerprint density at radius 3 is 2.60 bits per heavy atom. The summed E-state index contributed by atoms with van der Waals surface area (Å²) in [5, 5.41) is 23.1. The molecule has 2 aliphatic rings. The molecule has 1 amide bonds. The van der Waals surface area contributed by atoms with E-state index in [9.17, 15) is 14.7 Å². The lowest BCUT2D eigenvalue weighted by molar-refractivity contribution is -0.132. The van der Waals surface area contributed by atoms with Gasteiger partial charge in [-0.3, -0.25) is 14.5 Å². The zero-order valence-electron chi connectivity index (χ0n) is 27.6. The predicted octanol–water partition coefficient (Wildman–Crippen LogP) is 7.96. The summed E-state index contributed by atoms with van der Waals surface area (Å²) in [6.45, 7) is 5.61. The van der Waals surface area contributed by atoms with Crippen LogP contribution in [0.4, 0.5) is 5.13 Å². The van der Waals surface area contributed by atoms with Crippen LogP contribution in [-0.4, -0.2) is 53.4 Å². The topological polar surface area (TPSA) is 120 Å². The van der Waals surface area contributed by atoms with Crippen molar-refractivity contribution < 1.29 is 33.6 Å². The van der Waals surface area contributed by atoms with Crippen LogP contribution in [0.1, 0.15) is 49.4 Å². The first-order chi connectivity index (χ1) is 24.5. The summed E-state index contributed by atoms with van der Waals surface area (Å²) < 4.78 is 24.0. The molecule has 7 rings (SSSR count). The van der Waals surface area contributed by atoms with Gasteiger partial charge in [-0.2, -0.15) is 0 Å². The van der Waals surface area contributed by atoms with Crippen LogP contribution in [0.3, 0.4) is 0 Å². The average Bonchev–Trinajstić information content (AvgIpc) is 3.72. The number of hydrogen-bond donors (Lipinski definition) is 1. The number of anilines is 1. The summed E-state index contributed by atoms with van der Waals surface area (Å²) in [7, 11) is 0. The molecule has 1 saturated heterocycles. The van der Waals surface area contributed by atoms with E-state index in [2.05, 4.69) is 41.4 Å². The maximum absolute atomic E-state index is 13.9.